The highest BCUT2D eigenvalue weighted by Gasteiger charge is 2.45. The van der Waals surface area contributed by atoms with Crippen LogP contribution in [0, 0.1) is 5.92 Å². The number of morpholine rings is 1. The summed E-state index contributed by atoms with van der Waals surface area (Å²) >= 11 is 2.00. The highest BCUT2D eigenvalue weighted by atomic mass is 32.2. The molecule has 3 heterocycles. The first kappa shape index (κ1) is 30.9. The molecular weight excluding hydrogens is 530 g/mol. The predicted molar refractivity (Wildman–Crippen MR) is 170 cm³/mol. The zero-order valence-electron chi connectivity index (χ0n) is 25.9. The van der Waals surface area contributed by atoms with Gasteiger partial charge in [-0.2, -0.15) is 0 Å². The molecule has 1 aliphatic carbocycles. The highest BCUT2D eigenvalue weighted by molar-refractivity contribution is 8.03. The van der Waals surface area contributed by atoms with Gasteiger partial charge >= 0.3 is 5.97 Å². The molecule has 1 saturated carbocycles. The molecule has 0 N–H and O–H groups in total. The van der Waals surface area contributed by atoms with Gasteiger partial charge < -0.3 is 14.2 Å². The fraction of sp³-hybridized carbons (Fsp3) is 0.743. The maximum absolute atomic E-state index is 13.3. The third-order valence-corrected chi connectivity index (χ3v) is 10.8. The molecule has 2 fully saturated rings. The van der Waals surface area contributed by atoms with E-state index in [1.54, 1.807) is 0 Å². The van der Waals surface area contributed by atoms with Crippen molar-refractivity contribution in [3.05, 3.63) is 28.2 Å². The van der Waals surface area contributed by atoms with Crippen molar-refractivity contribution in [3.8, 4) is 11.5 Å². The van der Waals surface area contributed by atoms with Gasteiger partial charge in [0.2, 0.25) is 0 Å². The molecule has 41 heavy (non-hydrogen) atoms. The Hall–Kier alpha value is -1.50. The number of ether oxygens (including phenoxy) is 3. The number of benzene rings is 1. The van der Waals surface area contributed by atoms with Gasteiger partial charge in [-0.3, -0.25) is 9.69 Å². The lowest BCUT2D eigenvalue weighted by atomic mass is 9.82. The molecule has 0 radical (unpaired) electrons. The standard InChI is InChI=1S/C35H53NO4S/c1-4-6-8-10-15-35(16-11-9-7-5-2)34-29(14-21-41-34)33-30(39-32(37)25-36-17-19-38-20-18-36)23-28(24-31(33)40-35)26(3)22-27-12-13-27/h23-24,26-27H,4-22,25H2,1-3H3. The SMILES string of the molecule is CCCCCCC1(CCCCCC)Oc2cc(C(C)CC3CC3)cc(OC(=O)CN3CCOCC3)c2C2=C1SCC2. The number of hydrogen-bond acceptors (Lipinski definition) is 6. The Bertz CT molecular complexity index is 1050. The van der Waals surface area contributed by atoms with E-state index in [0.717, 1.165) is 61.1 Å². The van der Waals surface area contributed by atoms with Gasteiger partial charge in [-0.15, -0.1) is 11.8 Å². The van der Waals surface area contributed by atoms with Crippen molar-refractivity contribution in [2.24, 2.45) is 5.92 Å². The van der Waals surface area contributed by atoms with Crippen LogP contribution in [0.3, 0.4) is 0 Å². The summed E-state index contributed by atoms with van der Waals surface area (Å²) in [4.78, 5) is 16.9. The number of rotatable bonds is 16. The maximum atomic E-state index is 13.3. The molecule has 5 nitrogen and oxygen atoms in total. The molecule has 6 heteroatoms. The lowest BCUT2D eigenvalue weighted by Gasteiger charge is -2.41. The zero-order chi connectivity index (χ0) is 28.7. The Balaban J connectivity index is 1.48. The largest absolute Gasteiger partial charge is 0.481 e. The molecule has 1 aromatic carbocycles. The second-order valence-electron chi connectivity index (χ2n) is 13.0. The average molecular weight is 584 g/mol. The Morgan fingerprint density at radius 2 is 1.76 bits per heavy atom. The molecule has 1 aromatic rings. The number of hydrogen-bond donors (Lipinski definition) is 0. The van der Waals surface area contributed by atoms with E-state index >= 15 is 0 Å². The van der Waals surface area contributed by atoms with Crippen LogP contribution in [0.15, 0.2) is 17.0 Å². The normalized spacial score (nSPS) is 20.9. The smallest absolute Gasteiger partial charge is 0.325 e. The topological polar surface area (TPSA) is 48.0 Å². The molecular formula is C35H53NO4S. The van der Waals surface area contributed by atoms with Gasteiger partial charge in [-0.05, 0) is 73.6 Å². The first-order chi connectivity index (χ1) is 20.0. The zero-order valence-corrected chi connectivity index (χ0v) is 26.8. The minimum absolute atomic E-state index is 0.176. The summed E-state index contributed by atoms with van der Waals surface area (Å²) in [6.45, 7) is 10.1. The van der Waals surface area contributed by atoms with Crippen molar-refractivity contribution in [3.63, 3.8) is 0 Å². The minimum atomic E-state index is -0.238. The Morgan fingerprint density at radius 3 is 2.41 bits per heavy atom. The number of thioether (sulfide) groups is 1. The molecule has 0 amide bonds. The Morgan fingerprint density at radius 1 is 1.05 bits per heavy atom. The summed E-state index contributed by atoms with van der Waals surface area (Å²) in [6.07, 6.45) is 17.1. The fourth-order valence-electron chi connectivity index (χ4n) is 6.93. The number of carbonyl (C=O) groups excluding carboxylic acids is 1. The first-order valence-electron chi connectivity index (χ1n) is 16.8. The summed E-state index contributed by atoms with van der Waals surface area (Å²) in [5.41, 5.74) is 3.46. The number of nitrogens with zero attached hydrogens (tertiary/aromatic N) is 1. The van der Waals surface area contributed by atoms with Crippen molar-refractivity contribution < 1.29 is 19.0 Å². The molecule has 0 spiro atoms. The van der Waals surface area contributed by atoms with Gasteiger partial charge in [0, 0.05) is 23.7 Å². The van der Waals surface area contributed by atoms with Crippen molar-refractivity contribution in [2.75, 3.05) is 38.6 Å². The van der Waals surface area contributed by atoms with Crippen LogP contribution in [0.25, 0.3) is 5.57 Å². The lowest BCUT2D eigenvalue weighted by Crippen LogP contribution is -2.41. The van der Waals surface area contributed by atoms with Gasteiger partial charge in [0.05, 0.1) is 25.3 Å². The van der Waals surface area contributed by atoms with E-state index in [1.807, 2.05) is 11.8 Å². The van der Waals surface area contributed by atoms with E-state index in [9.17, 15) is 4.79 Å². The molecule has 1 unspecified atom stereocenters. The van der Waals surface area contributed by atoms with Crippen LogP contribution in [0.5, 0.6) is 11.5 Å². The Kier molecular flexibility index (Phi) is 11.2. The third kappa shape index (κ3) is 7.92. The van der Waals surface area contributed by atoms with Gasteiger partial charge in [-0.25, -0.2) is 0 Å². The molecule has 228 valence electrons. The molecule has 1 saturated heterocycles. The van der Waals surface area contributed by atoms with E-state index in [1.165, 1.54) is 86.7 Å². The number of esters is 1. The number of fused-ring (bicyclic) bond motifs is 2. The summed E-state index contributed by atoms with van der Waals surface area (Å²) in [7, 11) is 0. The maximum Gasteiger partial charge on any atom is 0.325 e. The second-order valence-corrected chi connectivity index (χ2v) is 14.1. The van der Waals surface area contributed by atoms with Crippen molar-refractivity contribution in [2.45, 2.75) is 122 Å². The summed E-state index contributed by atoms with van der Waals surface area (Å²) < 4.78 is 19.0. The van der Waals surface area contributed by atoms with E-state index in [-0.39, 0.29) is 11.6 Å². The molecule has 4 aliphatic rings. The summed E-state index contributed by atoms with van der Waals surface area (Å²) in [5, 5.41) is 0. The van der Waals surface area contributed by atoms with Crippen molar-refractivity contribution >= 4 is 23.3 Å². The summed E-state index contributed by atoms with van der Waals surface area (Å²) in [6, 6.07) is 4.50. The number of allylic oxidation sites excluding steroid dienone is 1. The third-order valence-electron chi connectivity index (χ3n) is 9.48. The van der Waals surface area contributed by atoms with Crippen LogP contribution in [-0.2, 0) is 9.53 Å². The van der Waals surface area contributed by atoms with Crippen LogP contribution in [0.4, 0.5) is 0 Å². The van der Waals surface area contributed by atoms with E-state index in [0.29, 0.717) is 25.7 Å². The lowest BCUT2D eigenvalue weighted by molar-refractivity contribution is -0.136. The van der Waals surface area contributed by atoms with Crippen molar-refractivity contribution in [1.29, 1.82) is 0 Å². The van der Waals surface area contributed by atoms with Crippen LogP contribution < -0.4 is 9.47 Å². The molecule has 1 atom stereocenters. The Labute approximate surface area is 253 Å². The average Bonchev–Trinajstić information content (AvgIpc) is 3.64. The minimum Gasteiger partial charge on any atom is -0.481 e. The quantitative estimate of drug-likeness (QED) is 0.110. The van der Waals surface area contributed by atoms with Crippen LogP contribution in [-0.4, -0.2) is 55.1 Å². The van der Waals surface area contributed by atoms with E-state index < -0.39 is 0 Å². The highest BCUT2D eigenvalue weighted by Crippen LogP contribution is 2.57. The molecule has 0 aromatic heterocycles. The van der Waals surface area contributed by atoms with E-state index in [4.69, 9.17) is 14.2 Å². The first-order valence-corrected chi connectivity index (χ1v) is 17.8. The molecule has 3 aliphatic heterocycles. The van der Waals surface area contributed by atoms with Gasteiger partial charge in [-0.1, -0.05) is 72.1 Å². The second kappa shape index (κ2) is 14.8. The van der Waals surface area contributed by atoms with Crippen LogP contribution in [0.1, 0.15) is 128 Å². The van der Waals surface area contributed by atoms with Gasteiger partial charge in [0.25, 0.3) is 0 Å². The van der Waals surface area contributed by atoms with Gasteiger partial charge in [0.15, 0.2) is 0 Å². The monoisotopic (exact) mass is 583 g/mol. The van der Waals surface area contributed by atoms with Crippen LogP contribution in [0.2, 0.25) is 0 Å². The predicted octanol–water partition coefficient (Wildman–Crippen LogP) is 8.75. The van der Waals surface area contributed by atoms with E-state index in [2.05, 4.69) is 37.8 Å². The van der Waals surface area contributed by atoms with Gasteiger partial charge in [0.1, 0.15) is 17.1 Å². The van der Waals surface area contributed by atoms with Crippen molar-refractivity contribution in [1.82, 2.24) is 4.90 Å². The number of unbranched alkanes of at least 4 members (excludes halogenated alkanes) is 6. The fourth-order valence-corrected chi connectivity index (χ4v) is 8.32. The van der Waals surface area contributed by atoms with Crippen LogP contribution >= 0.6 is 11.8 Å². The summed E-state index contributed by atoms with van der Waals surface area (Å²) in [5.74, 6) is 3.85. The number of carbonyl (C=O) groups is 1. The molecule has 0 bridgehead atoms. The molecule has 5 rings (SSSR count).